The standard InChI is InChI=1S/C13H12N2O3/c1-8-9(2)14-15-12(11(8)13(16)17)18-10-6-4-3-5-7-10/h3-7H,1-2H3,(H,16,17). The highest BCUT2D eigenvalue weighted by Crippen LogP contribution is 2.25. The van der Waals surface area contributed by atoms with Gasteiger partial charge in [0.2, 0.25) is 0 Å². The average molecular weight is 244 g/mol. The van der Waals surface area contributed by atoms with Gasteiger partial charge in [-0.2, -0.15) is 5.10 Å². The van der Waals surface area contributed by atoms with Gasteiger partial charge in [0.05, 0.1) is 5.69 Å². The van der Waals surface area contributed by atoms with E-state index in [1.54, 1.807) is 38.1 Å². The van der Waals surface area contributed by atoms with E-state index in [2.05, 4.69) is 10.2 Å². The third-order valence-electron chi connectivity index (χ3n) is 2.59. The Hall–Kier alpha value is -2.43. The second kappa shape index (κ2) is 4.83. The third kappa shape index (κ3) is 2.29. The van der Waals surface area contributed by atoms with Crippen molar-refractivity contribution >= 4 is 5.97 Å². The van der Waals surface area contributed by atoms with Gasteiger partial charge in [-0.15, -0.1) is 5.10 Å². The molecular formula is C13H12N2O3. The molecule has 5 heteroatoms. The first-order valence-corrected chi connectivity index (χ1v) is 5.39. The highest BCUT2D eigenvalue weighted by atomic mass is 16.5. The zero-order chi connectivity index (χ0) is 13.1. The van der Waals surface area contributed by atoms with Gasteiger partial charge in [0.15, 0.2) is 0 Å². The number of aromatic carboxylic acids is 1. The molecule has 0 unspecified atom stereocenters. The van der Waals surface area contributed by atoms with Crippen molar-refractivity contribution in [1.82, 2.24) is 10.2 Å². The van der Waals surface area contributed by atoms with Gasteiger partial charge >= 0.3 is 5.97 Å². The number of rotatable bonds is 3. The monoisotopic (exact) mass is 244 g/mol. The van der Waals surface area contributed by atoms with Crippen LogP contribution in [0.2, 0.25) is 0 Å². The quantitative estimate of drug-likeness (QED) is 0.898. The fraction of sp³-hybridized carbons (Fsp3) is 0.154. The van der Waals surface area contributed by atoms with Crippen molar-refractivity contribution in [2.45, 2.75) is 13.8 Å². The second-order valence-electron chi connectivity index (χ2n) is 3.81. The van der Waals surface area contributed by atoms with Gasteiger partial charge in [0, 0.05) is 0 Å². The number of benzene rings is 1. The van der Waals surface area contributed by atoms with E-state index in [1.807, 2.05) is 6.07 Å². The molecule has 92 valence electrons. The number of nitrogens with zero attached hydrogens (tertiary/aromatic N) is 2. The highest BCUT2D eigenvalue weighted by molar-refractivity contribution is 5.92. The van der Waals surface area contributed by atoms with E-state index in [9.17, 15) is 9.90 Å². The summed E-state index contributed by atoms with van der Waals surface area (Å²) in [4.78, 5) is 11.2. The largest absolute Gasteiger partial charge is 0.477 e. The molecule has 0 fully saturated rings. The van der Waals surface area contributed by atoms with Crippen LogP contribution in [0.25, 0.3) is 0 Å². The Kier molecular flexibility index (Phi) is 3.23. The van der Waals surface area contributed by atoms with Gasteiger partial charge in [0.1, 0.15) is 11.3 Å². The number of hydrogen-bond donors (Lipinski definition) is 1. The minimum Gasteiger partial charge on any atom is -0.477 e. The molecule has 0 amide bonds. The molecule has 0 saturated carbocycles. The van der Waals surface area contributed by atoms with E-state index in [0.29, 0.717) is 17.0 Å². The summed E-state index contributed by atoms with van der Waals surface area (Å²) in [6, 6.07) is 8.89. The number of ether oxygens (including phenoxy) is 1. The van der Waals surface area contributed by atoms with Crippen LogP contribution in [-0.4, -0.2) is 21.3 Å². The van der Waals surface area contributed by atoms with Crippen molar-refractivity contribution in [1.29, 1.82) is 0 Å². The molecule has 0 radical (unpaired) electrons. The zero-order valence-electron chi connectivity index (χ0n) is 10.0. The molecule has 2 rings (SSSR count). The Balaban J connectivity index is 2.45. The maximum atomic E-state index is 11.2. The lowest BCUT2D eigenvalue weighted by atomic mass is 10.1. The summed E-state index contributed by atoms with van der Waals surface area (Å²) in [5, 5.41) is 16.9. The van der Waals surface area contributed by atoms with E-state index in [4.69, 9.17) is 4.74 Å². The number of hydrogen-bond acceptors (Lipinski definition) is 4. The summed E-state index contributed by atoms with van der Waals surface area (Å²) in [7, 11) is 0. The number of aryl methyl sites for hydroxylation is 1. The van der Waals surface area contributed by atoms with E-state index < -0.39 is 5.97 Å². The number of carboxylic acid groups (broad SMARTS) is 1. The maximum Gasteiger partial charge on any atom is 0.341 e. The second-order valence-corrected chi connectivity index (χ2v) is 3.81. The Bertz CT molecular complexity index is 582. The number of para-hydroxylation sites is 1. The van der Waals surface area contributed by atoms with Gasteiger partial charge in [0.25, 0.3) is 5.88 Å². The molecule has 0 spiro atoms. The first kappa shape index (κ1) is 12.0. The minimum absolute atomic E-state index is 0.0109. The number of carboxylic acids is 1. The molecule has 0 saturated heterocycles. The fourth-order valence-electron chi connectivity index (χ4n) is 1.51. The summed E-state index contributed by atoms with van der Waals surface area (Å²) >= 11 is 0. The molecule has 2 aromatic rings. The van der Waals surface area contributed by atoms with E-state index >= 15 is 0 Å². The smallest absolute Gasteiger partial charge is 0.341 e. The molecule has 0 bridgehead atoms. The lowest BCUT2D eigenvalue weighted by Gasteiger charge is -2.09. The minimum atomic E-state index is -1.07. The molecule has 1 aromatic carbocycles. The predicted octanol–water partition coefficient (Wildman–Crippen LogP) is 2.58. The SMILES string of the molecule is Cc1nnc(Oc2ccccc2)c(C(=O)O)c1C. The van der Waals surface area contributed by atoms with Gasteiger partial charge in [-0.25, -0.2) is 4.79 Å². The Labute approximate surface area is 104 Å². The summed E-state index contributed by atoms with van der Waals surface area (Å²) in [5.74, 6) is -0.536. The molecule has 1 aromatic heterocycles. The predicted molar refractivity (Wildman–Crippen MR) is 65.0 cm³/mol. The van der Waals surface area contributed by atoms with Crippen LogP contribution in [0.3, 0.4) is 0 Å². The third-order valence-corrected chi connectivity index (χ3v) is 2.59. The maximum absolute atomic E-state index is 11.2. The first-order valence-electron chi connectivity index (χ1n) is 5.39. The van der Waals surface area contributed by atoms with Gasteiger partial charge in [-0.05, 0) is 31.5 Å². The van der Waals surface area contributed by atoms with Gasteiger partial charge in [-0.3, -0.25) is 0 Å². The van der Waals surface area contributed by atoms with Crippen LogP contribution in [0.4, 0.5) is 0 Å². The molecule has 1 heterocycles. The van der Waals surface area contributed by atoms with Crippen molar-refractivity contribution in [3.8, 4) is 11.6 Å². The van der Waals surface area contributed by atoms with Crippen LogP contribution >= 0.6 is 0 Å². The molecule has 0 aliphatic heterocycles. The summed E-state index contributed by atoms with van der Waals surface area (Å²) in [6.45, 7) is 3.40. The Morgan fingerprint density at radius 1 is 1.17 bits per heavy atom. The zero-order valence-corrected chi connectivity index (χ0v) is 10.0. The van der Waals surface area contributed by atoms with E-state index in [0.717, 1.165) is 0 Å². The lowest BCUT2D eigenvalue weighted by molar-refractivity contribution is 0.0692. The molecular weight excluding hydrogens is 232 g/mol. The summed E-state index contributed by atoms with van der Waals surface area (Å²) < 4.78 is 5.45. The topological polar surface area (TPSA) is 72.3 Å². The van der Waals surface area contributed by atoms with Crippen molar-refractivity contribution in [2.24, 2.45) is 0 Å². The first-order chi connectivity index (χ1) is 8.59. The molecule has 5 nitrogen and oxygen atoms in total. The Morgan fingerprint density at radius 2 is 1.83 bits per heavy atom. The van der Waals surface area contributed by atoms with Crippen LogP contribution in [0, 0.1) is 13.8 Å². The van der Waals surface area contributed by atoms with Crippen molar-refractivity contribution in [3.05, 3.63) is 47.2 Å². The van der Waals surface area contributed by atoms with Gasteiger partial charge < -0.3 is 9.84 Å². The Morgan fingerprint density at radius 3 is 2.44 bits per heavy atom. The van der Waals surface area contributed by atoms with Crippen LogP contribution in [0.1, 0.15) is 21.6 Å². The van der Waals surface area contributed by atoms with Crippen LogP contribution < -0.4 is 4.74 Å². The number of aromatic nitrogens is 2. The molecule has 0 aliphatic rings. The van der Waals surface area contributed by atoms with Crippen LogP contribution in [-0.2, 0) is 0 Å². The van der Waals surface area contributed by atoms with Crippen LogP contribution in [0.15, 0.2) is 30.3 Å². The van der Waals surface area contributed by atoms with E-state index in [-0.39, 0.29) is 11.4 Å². The molecule has 18 heavy (non-hydrogen) atoms. The van der Waals surface area contributed by atoms with Crippen molar-refractivity contribution in [3.63, 3.8) is 0 Å². The van der Waals surface area contributed by atoms with Crippen LogP contribution in [0.5, 0.6) is 11.6 Å². The normalized spacial score (nSPS) is 10.1. The fourth-order valence-corrected chi connectivity index (χ4v) is 1.51. The van der Waals surface area contributed by atoms with Gasteiger partial charge in [-0.1, -0.05) is 18.2 Å². The molecule has 0 aliphatic carbocycles. The number of carbonyl (C=O) groups is 1. The lowest BCUT2D eigenvalue weighted by Crippen LogP contribution is -2.08. The summed E-state index contributed by atoms with van der Waals surface area (Å²) in [5.41, 5.74) is 1.18. The van der Waals surface area contributed by atoms with E-state index in [1.165, 1.54) is 0 Å². The van der Waals surface area contributed by atoms with Crippen molar-refractivity contribution in [2.75, 3.05) is 0 Å². The molecule has 1 N–H and O–H groups in total. The highest BCUT2D eigenvalue weighted by Gasteiger charge is 2.19. The average Bonchev–Trinajstić information content (AvgIpc) is 2.35. The summed E-state index contributed by atoms with van der Waals surface area (Å²) in [6.07, 6.45) is 0. The van der Waals surface area contributed by atoms with Crippen molar-refractivity contribution < 1.29 is 14.6 Å². The molecule has 0 atom stereocenters.